The number of esters is 1. The van der Waals surface area contributed by atoms with Crippen LogP contribution in [0, 0.1) is 6.92 Å². The first kappa shape index (κ1) is 20.0. The van der Waals surface area contributed by atoms with Crippen molar-refractivity contribution in [1.82, 2.24) is 14.9 Å². The van der Waals surface area contributed by atoms with Gasteiger partial charge in [-0.2, -0.15) is 0 Å². The molecule has 2 heterocycles. The van der Waals surface area contributed by atoms with Crippen molar-refractivity contribution in [2.75, 3.05) is 0 Å². The molecule has 7 heteroatoms. The third-order valence-corrected chi connectivity index (χ3v) is 5.23. The van der Waals surface area contributed by atoms with Gasteiger partial charge in [0.1, 0.15) is 11.2 Å². The van der Waals surface area contributed by atoms with E-state index < -0.39 is 17.5 Å². The first-order chi connectivity index (χ1) is 13.4. The Morgan fingerprint density at radius 1 is 1.29 bits per heavy atom. The van der Waals surface area contributed by atoms with Crippen molar-refractivity contribution < 1.29 is 14.3 Å². The van der Waals surface area contributed by atoms with Gasteiger partial charge in [-0.25, -0.2) is 9.78 Å². The van der Waals surface area contributed by atoms with Crippen molar-refractivity contribution in [3.05, 3.63) is 39.8 Å². The van der Waals surface area contributed by atoms with Gasteiger partial charge < -0.3 is 14.6 Å². The van der Waals surface area contributed by atoms with Crippen LogP contribution in [-0.2, 0) is 16.1 Å². The van der Waals surface area contributed by atoms with Crippen LogP contribution < -0.4 is 10.7 Å². The van der Waals surface area contributed by atoms with Crippen LogP contribution in [0.3, 0.4) is 0 Å². The number of fused-ring (bicyclic) bond motifs is 1. The van der Waals surface area contributed by atoms with Crippen LogP contribution in [0.2, 0.25) is 0 Å². The largest absolute Gasteiger partial charge is 0.449 e. The summed E-state index contributed by atoms with van der Waals surface area (Å²) >= 11 is 0. The van der Waals surface area contributed by atoms with Crippen LogP contribution in [-0.4, -0.2) is 33.6 Å². The number of hydrogen-bond acceptors (Lipinski definition) is 5. The Labute approximate surface area is 164 Å². The van der Waals surface area contributed by atoms with Gasteiger partial charge in [-0.05, 0) is 45.7 Å². The number of pyridine rings is 2. The molecule has 1 saturated carbocycles. The zero-order valence-corrected chi connectivity index (χ0v) is 16.7. The Balaban J connectivity index is 1.79. The third-order valence-electron chi connectivity index (χ3n) is 5.23. The predicted molar refractivity (Wildman–Crippen MR) is 106 cm³/mol. The summed E-state index contributed by atoms with van der Waals surface area (Å²) < 4.78 is 7.05. The average molecular weight is 385 g/mol. The fourth-order valence-corrected chi connectivity index (χ4v) is 3.59. The lowest BCUT2D eigenvalue weighted by Crippen LogP contribution is -2.43. The van der Waals surface area contributed by atoms with Gasteiger partial charge in [0, 0.05) is 24.5 Å². The van der Waals surface area contributed by atoms with Crippen LogP contribution in [0.4, 0.5) is 0 Å². The van der Waals surface area contributed by atoms with E-state index in [9.17, 15) is 14.4 Å². The molecule has 1 fully saturated rings. The second kappa shape index (κ2) is 8.54. The molecule has 1 aliphatic rings. The highest BCUT2D eigenvalue weighted by atomic mass is 16.5. The molecule has 1 unspecified atom stereocenters. The summed E-state index contributed by atoms with van der Waals surface area (Å²) in [6.07, 6.45) is 5.79. The molecular formula is C21H27N3O4. The molecule has 0 spiro atoms. The fraction of sp³-hybridized carbons (Fsp3) is 0.524. The summed E-state index contributed by atoms with van der Waals surface area (Å²) in [6.45, 7) is 5.83. The Morgan fingerprint density at radius 3 is 2.68 bits per heavy atom. The van der Waals surface area contributed by atoms with Crippen molar-refractivity contribution in [2.24, 2.45) is 0 Å². The Morgan fingerprint density at radius 2 is 2.00 bits per heavy atom. The number of hydrogen-bond donors (Lipinski definition) is 1. The SMILES string of the molecule is CCn1cc(C(=O)OC(C)C(=O)NC2CCCCC2)c(=O)c2ccc(C)nc21. The summed E-state index contributed by atoms with van der Waals surface area (Å²) in [5.41, 5.74) is 0.805. The van der Waals surface area contributed by atoms with Crippen molar-refractivity contribution in [3.63, 3.8) is 0 Å². The second-order valence-electron chi connectivity index (χ2n) is 7.37. The quantitative estimate of drug-likeness (QED) is 0.799. The van der Waals surface area contributed by atoms with E-state index in [2.05, 4.69) is 10.3 Å². The molecule has 7 nitrogen and oxygen atoms in total. The predicted octanol–water partition coefficient (Wildman–Crippen LogP) is 2.72. The maximum atomic E-state index is 12.8. The maximum absolute atomic E-state index is 12.8. The molecule has 1 aliphatic carbocycles. The monoisotopic (exact) mass is 385 g/mol. The number of amides is 1. The molecule has 2 aromatic heterocycles. The maximum Gasteiger partial charge on any atom is 0.344 e. The highest BCUT2D eigenvalue weighted by molar-refractivity contribution is 5.95. The molecule has 1 amide bonds. The van der Waals surface area contributed by atoms with Crippen molar-refractivity contribution >= 4 is 22.9 Å². The Kier molecular flexibility index (Phi) is 6.11. The summed E-state index contributed by atoms with van der Waals surface area (Å²) in [6, 6.07) is 3.54. The lowest BCUT2D eigenvalue weighted by molar-refractivity contribution is -0.130. The minimum Gasteiger partial charge on any atom is -0.449 e. The fourth-order valence-electron chi connectivity index (χ4n) is 3.59. The number of nitrogens with one attached hydrogen (secondary N) is 1. The highest BCUT2D eigenvalue weighted by Crippen LogP contribution is 2.18. The van der Waals surface area contributed by atoms with Crippen molar-refractivity contribution in [3.8, 4) is 0 Å². The van der Waals surface area contributed by atoms with E-state index in [0.717, 1.165) is 31.4 Å². The molecule has 0 bridgehead atoms. The highest BCUT2D eigenvalue weighted by Gasteiger charge is 2.25. The van der Waals surface area contributed by atoms with Gasteiger partial charge in [0.25, 0.3) is 5.91 Å². The van der Waals surface area contributed by atoms with E-state index in [0.29, 0.717) is 17.6 Å². The van der Waals surface area contributed by atoms with Crippen LogP contribution in [0.25, 0.3) is 11.0 Å². The molecule has 1 N–H and O–H groups in total. The first-order valence-electron chi connectivity index (χ1n) is 9.93. The number of aromatic nitrogens is 2. The van der Waals surface area contributed by atoms with Gasteiger partial charge in [-0.3, -0.25) is 9.59 Å². The van der Waals surface area contributed by atoms with Gasteiger partial charge in [0.2, 0.25) is 5.43 Å². The lowest BCUT2D eigenvalue weighted by atomic mass is 9.95. The first-order valence-corrected chi connectivity index (χ1v) is 9.93. The van der Waals surface area contributed by atoms with Crippen LogP contribution in [0.15, 0.2) is 23.1 Å². The number of carbonyl (C=O) groups is 2. The van der Waals surface area contributed by atoms with E-state index in [1.807, 2.05) is 13.8 Å². The minimum atomic E-state index is -0.962. The second-order valence-corrected chi connectivity index (χ2v) is 7.37. The summed E-state index contributed by atoms with van der Waals surface area (Å²) in [5.74, 6) is -1.12. The number of carbonyl (C=O) groups excluding carboxylic acids is 2. The molecular weight excluding hydrogens is 358 g/mol. The van der Waals surface area contributed by atoms with Gasteiger partial charge in [-0.1, -0.05) is 19.3 Å². The Hall–Kier alpha value is -2.70. The summed E-state index contributed by atoms with van der Waals surface area (Å²) in [7, 11) is 0. The normalized spacial score (nSPS) is 16.0. The Bertz CT molecular complexity index is 945. The van der Waals surface area contributed by atoms with E-state index in [1.165, 1.54) is 19.5 Å². The number of aryl methyl sites for hydroxylation is 2. The topological polar surface area (TPSA) is 90.3 Å². The lowest BCUT2D eigenvalue weighted by Gasteiger charge is -2.24. The van der Waals surface area contributed by atoms with Crippen molar-refractivity contribution in [2.45, 2.75) is 71.6 Å². The van der Waals surface area contributed by atoms with Gasteiger partial charge >= 0.3 is 5.97 Å². The van der Waals surface area contributed by atoms with Crippen LogP contribution in [0.5, 0.6) is 0 Å². The van der Waals surface area contributed by atoms with Crippen LogP contribution in [0.1, 0.15) is 62.0 Å². The molecule has 28 heavy (non-hydrogen) atoms. The van der Waals surface area contributed by atoms with E-state index in [-0.39, 0.29) is 17.5 Å². The zero-order valence-electron chi connectivity index (χ0n) is 16.7. The summed E-state index contributed by atoms with van der Waals surface area (Å²) in [5, 5.41) is 3.30. The molecule has 3 rings (SSSR count). The zero-order chi connectivity index (χ0) is 20.3. The third kappa shape index (κ3) is 4.24. The molecule has 2 aromatic rings. The minimum absolute atomic E-state index is 0.0858. The van der Waals surface area contributed by atoms with Crippen molar-refractivity contribution in [1.29, 1.82) is 0 Å². The van der Waals surface area contributed by atoms with Crippen LogP contribution >= 0.6 is 0 Å². The number of rotatable bonds is 5. The number of ether oxygens (including phenoxy) is 1. The molecule has 0 saturated heterocycles. The number of nitrogens with zero attached hydrogens (tertiary/aromatic N) is 2. The molecule has 0 radical (unpaired) electrons. The van der Waals surface area contributed by atoms with Gasteiger partial charge in [0.15, 0.2) is 6.10 Å². The summed E-state index contributed by atoms with van der Waals surface area (Å²) in [4.78, 5) is 42.1. The molecule has 1 atom stereocenters. The molecule has 0 aliphatic heterocycles. The van der Waals surface area contributed by atoms with E-state index in [1.54, 1.807) is 16.7 Å². The molecule has 150 valence electrons. The van der Waals surface area contributed by atoms with E-state index in [4.69, 9.17) is 4.74 Å². The van der Waals surface area contributed by atoms with Gasteiger partial charge in [-0.15, -0.1) is 0 Å². The average Bonchev–Trinajstić information content (AvgIpc) is 2.68. The van der Waals surface area contributed by atoms with E-state index >= 15 is 0 Å². The van der Waals surface area contributed by atoms with Gasteiger partial charge in [0.05, 0.1) is 5.39 Å². The smallest absolute Gasteiger partial charge is 0.344 e. The standard InChI is InChI=1S/C21H27N3O4/c1-4-24-12-17(18(25)16-11-10-13(2)22-19(16)24)21(27)28-14(3)20(26)23-15-8-6-5-7-9-15/h10-12,14-15H,4-9H2,1-3H3,(H,23,26). The molecule has 0 aromatic carbocycles.